The number of nitrogens with zero attached hydrogens (tertiary/aromatic N) is 1. The molecule has 0 amide bonds. The Kier molecular flexibility index (Phi) is 19.2. The third-order valence-corrected chi connectivity index (χ3v) is 5.50. The topological polar surface area (TPSA) is 80.4 Å². The van der Waals surface area contributed by atoms with Gasteiger partial charge in [0.2, 0.25) is 0 Å². The van der Waals surface area contributed by atoms with Crippen molar-refractivity contribution in [3.05, 3.63) is 22.3 Å². The van der Waals surface area contributed by atoms with E-state index < -0.39 is 10.6 Å². The number of rotatable bonds is 22. The average molecular weight is 411 g/mol. The Bertz CT molecular complexity index is 425. The number of hydrogen-bond acceptors (Lipinski definition) is 4. The highest BCUT2D eigenvalue weighted by Gasteiger charge is 2.40. The monoisotopic (exact) mass is 410 g/mol. The first-order chi connectivity index (χ1) is 14.1. The zero-order chi connectivity index (χ0) is 21.6. The van der Waals surface area contributed by atoms with Crippen LogP contribution in [0, 0.1) is 10.1 Å². The summed E-state index contributed by atoms with van der Waals surface area (Å²) in [6.07, 6.45) is 27.4. The number of aliphatic hydroxyl groups is 1. The van der Waals surface area contributed by atoms with Gasteiger partial charge in [0.05, 0.1) is 11.3 Å². The van der Waals surface area contributed by atoms with Crippen molar-refractivity contribution in [2.75, 3.05) is 0 Å². The fourth-order valence-corrected chi connectivity index (χ4v) is 3.51. The van der Waals surface area contributed by atoms with Gasteiger partial charge in [0.15, 0.2) is 0 Å². The van der Waals surface area contributed by atoms with E-state index in [-0.39, 0.29) is 6.42 Å². The maximum absolute atomic E-state index is 10.6. The van der Waals surface area contributed by atoms with Gasteiger partial charge in [0, 0.05) is 0 Å². The minimum absolute atomic E-state index is 0.142. The van der Waals surface area contributed by atoms with Crippen LogP contribution < -0.4 is 0 Å². The second-order valence-electron chi connectivity index (χ2n) is 8.28. The molecule has 0 aliphatic carbocycles. The summed E-state index contributed by atoms with van der Waals surface area (Å²) in [5.74, 6) is 0. The van der Waals surface area contributed by atoms with Crippen molar-refractivity contribution in [3.63, 3.8) is 0 Å². The van der Waals surface area contributed by atoms with Crippen LogP contribution in [0.2, 0.25) is 0 Å². The zero-order valence-electron chi connectivity index (χ0n) is 18.7. The normalized spacial score (nSPS) is 13.6. The van der Waals surface area contributed by atoms with E-state index in [9.17, 15) is 20.0 Å². The lowest BCUT2D eigenvalue weighted by atomic mass is 10.0. The van der Waals surface area contributed by atoms with Crippen molar-refractivity contribution in [1.82, 2.24) is 0 Å². The second kappa shape index (κ2) is 20.1. The Morgan fingerprint density at radius 2 is 1.14 bits per heavy atom. The lowest BCUT2D eigenvalue weighted by Gasteiger charge is -2.10. The first kappa shape index (κ1) is 27.8. The number of carbonyl (C=O) groups excluding carboxylic acids is 1. The molecule has 0 heterocycles. The fraction of sp³-hybridized carbons (Fsp3) is 0.875. The lowest BCUT2D eigenvalue weighted by Crippen LogP contribution is -2.39. The van der Waals surface area contributed by atoms with Crippen molar-refractivity contribution in [2.24, 2.45) is 0 Å². The van der Waals surface area contributed by atoms with Crippen LogP contribution in [0.1, 0.15) is 129 Å². The standard InChI is InChI=1S/C24H44NO4/c1-2-3-4-5-6-7-8-9-10-11-12-13-14-15-16-17-18-19-20-21-22-24(27,23-26)25(28)29/h9-10,27H,2-8,11-22H2,1H3/b10-9+. The van der Waals surface area contributed by atoms with Gasteiger partial charge in [-0.3, -0.25) is 14.9 Å². The van der Waals surface area contributed by atoms with Crippen LogP contribution in [0.15, 0.2) is 12.2 Å². The number of nitro groups is 1. The molecule has 0 saturated heterocycles. The molecule has 29 heavy (non-hydrogen) atoms. The van der Waals surface area contributed by atoms with Gasteiger partial charge in [0.25, 0.3) is 0 Å². The average Bonchev–Trinajstić information content (AvgIpc) is 2.72. The van der Waals surface area contributed by atoms with Crippen LogP contribution in [0.3, 0.4) is 0 Å². The molecule has 1 radical (unpaired) electrons. The summed E-state index contributed by atoms with van der Waals surface area (Å²) in [6.45, 7) is 2.26. The van der Waals surface area contributed by atoms with E-state index in [2.05, 4.69) is 19.1 Å². The molecule has 1 unspecified atom stereocenters. The summed E-state index contributed by atoms with van der Waals surface area (Å²) in [6, 6.07) is 0. The molecule has 1 N–H and O–H groups in total. The maximum atomic E-state index is 10.6. The van der Waals surface area contributed by atoms with Crippen LogP contribution in [0.25, 0.3) is 0 Å². The molecule has 0 aromatic heterocycles. The van der Waals surface area contributed by atoms with Crippen molar-refractivity contribution >= 4 is 6.29 Å². The Morgan fingerprint density at radius 3 is 1.52 bits per heavy atom. The molecule has 0 aliphatic heterocycles. The maximum Gasteiger partial charge on any atom is 0.389 e. The summed E-state index contributed by atoms with van der Waals surface area (Å²) < 4.78 is 0. The minimum Gasteiger partial charge on any atom is -0.324 e. The van der Waals surface area contributed by atoms with Crippen LogP contribution in [-0.4, -0.2) is 22.0 Å². The SMILES string of the molecule is CCCCCCCC/C=C/CCCCCCCCCCCCC(O)([C]=O)[N+](=O)[O-]. The van der Waals surface area contributed by atoms with Gasteiger partial charge in [-0.1, -0.05) is 103 Å². The quantitative estimate of drug-likeness (QED) is 0.0681. The molecule has 5 heteroatoms. The lowest BCUT2D eigenvalue weighted by molar-refractivity contribution is -0.599. The molecule has 0 spiro atoms. The molecule has 0 aromatic rings. The molecule has 0 aromatic carbocycles. The summed E-state index contributed by atoms with van der Waals surface area (Å²) in [7, 11) is 0. The van der Waals surface area contributed by atoms with Crippen molar-refractivity contribution in [2.45, 2.75) is 135 Å². The number of allylic oxidation sites excluding steroid dienone is 2. The van der Waals surface area contributed by atoms with E-state index in [0.717, 1.165) is 25.5 Å². The highest BCUT2D eigenvalue weighted by atomic mass is 16.7. The van der Waals surface area contributed by atoms with Crippen LogP contribution in [0.5, 0.6) is 0 Å². The van der Waals surface area contributed by atoms with Gasteiger partial charge in [-0.2, -0.15) is 0 Å². The zero-order valence-corrected chi connectivity index (χ0v) is 18.7. The number of unbranched alkanes of at least 4 members (excludes halogenated alkanes) is 16. The molecule has 1 atom stereocenters. The van der Waals surface area contributed by atoms with Crippen molar-refractivity contribution < 1.29 is 14.8 Å². The van der Waals surface area contributed by atoms with E-state index in [1.165, 1.54) is 89.9 Å². The van der Waals surface area contributed by atoms with E-state index in [0.29, 0.717) is 6.42 Å². The predicted octanol–water partition coefficient (Wildman–Crippen LogP) is 7.05. The predicted molar refractivity (Wildman–Crippen MR) is 120 cm³/mol. The molecule has 0 rings (SSSR count). The van der Waals surface area contributed by atoms with Crippen LogP contribution >= 0.6 is 0 Å². The summed E-state index contributed by atoms with van der Waals surface area (Å²) in [4.78, 5) is 20.1. The third kappa shape index (κ3) is 17.3. The van der Waals surface area contributed by atoms with Gasteiger partial charge < -0.3 is 5.11 Å². The van der Waals surface area contributed by atoms with Gasteiger partial charge in [-0.15, -0.1) is 0 Å². The molecule has 5 nitrogen and oxygen atoms in total. The molecule has 0 bridgehead atoms. The minimum atomic E-state index is -2.51. The first-order valence-corrected chi connectivity index (χ1v) is 12.0. The van der Waals surface area contributed by atoms with Crippen molar-refractivity contribution in [1.29, 1.82) is 0 Å². The van der Waals surface area contributed by atoms with Crippen LogP contribution in [-0.2, 0) is 4.79 Å². The molecule has 0 aliphatic rings. The fourth-order valence-electron chi connectivity index (χ4n) is 3.51. The van der Waals surface area contributed by atoms with Gasteiger partial charge >= 0.3 is 12.0 Å². The van der Waals surface area contributed by atoms with E-state index in [1.54, 1.807) is 0 Å². The Morgan fingerprint density at radius 1 is 0.759 bits per heavy atom. The van der Waals surface area contributed by atoms with E-state index in [1.807, 2.05) is 0 Å². The van der Waals surface area contributed by atoms with Crippen molar-refractivity contribution in [3.8, 4) is 0 Å². The van der Waals surface area contributed by atoms with Gasteiger partial charge in [0.1, 0.15) is 0 Å². The molecule has 0 fully saturated rings. The Labute approximate surface area is 178 Å². The molecule has 169 valence electrons. The van der Waals surface area contributed by atoms with Gasteiger partial charge in [-0.25, -0.2) is 0 Å². The molecular formula is C24H44NO4. The summed E-state index contributed by atoms with van der Waals surface area (Å²) in [5.41, 5.74) is -2.51. The Balaban J connectivity index is 3.27. The van der Waals surface area contributed by atoms with E-state index >= 15 is 0 Å². The summed E-state index contributed by atoms with van der Waals surface area (Å²) >= 11 is 0. The molecular weight excluding hydrogens is 366 g/mol. The largest absolute Gasteiger partial charge is 0.389 e. The highest BCUT2D eigenvalue weighted by molar-refractivity contribution is 5.59. The van der Waals surface area contributed by atoms with Gasteiger partial charge in [-0.05, 0) is 32.1 Å². The Hall–Kier alpha value is -1.23. The number of hydrogen-bond donors (Lipinski definition) is 1. The first-order valence-electron chi connectivity index (χ1n) is 12.0. The van der Waals surface area contributed by atoms with E-state index in [4.69, 9.17) is 0 Å². The van der Waals surface area contributed by atoms with Crippen LogP contribution in [0.4, 0.5) is 0 Å². The third-order valence-electron chi connectivity index (χ3n) is 5.50. The highest BCUT2D eigenvalue weighted by Crippen LogP contribution is 2.16. The molecule has 0 saturated carbocycles. The smallest absolute Gasteiger partial charge is 0.324 e. The second-order valence-corrected chi connectivity index (χ2v) is 8.28. The summed E-state index contributed by atoms with van der Waals surface area (Å²) in [5, 5.41) is 20.0.